The molecule has 0 amide bonds. The molecule has 31 heavy (non-hydrogen) atoms. The second-order valence-corrected chi connectivity index (χ2v) is 9.08. The Kier molecular flexibility index (Phi) is 4.50. The molecule has 1 aliphatic carbocycles. The monoisotopic (exact) mass is 414 g/mol. The van der Waals surface area contributed by atoms with Gasteiger partial charge in [-0.15, -0.1) is 0 Å². The van der Waals surface area contributed by atoms with Gasteiger partial charge in [0.15, 0.2) is 5.78 Å². The van der Waals surface area contributed by atoms with Crippen LogP contribution in [0.3, 0.4) is 0 Å². The van der Waals surface area contributed by atoms with Crippen LogP contribution in [-0.4, -0.2) is 25.0 Å². The van der Waals surface area contributed by atoms with E-state index in [1.807, 2.05) is 30.3 Å². The molecule has 0 spiro atoms. The van der Waals surface area contributed by atoms with E-state index in [1.54, 1.807) is 20.4 Å². The van der Waals surface area contributed by atoms with Gasteiger partial charge in [0.1, 0.15) is 11.5 Å². The van der Waals surface area contributed by atoms with Gasteiger partial charge in [-0.25, -0.2) is 0 Å². The number of ether oxygens (including phenoxy) is 2. The summed E-state index contributed by atoms with van der Waals surface area (Å²) in [7, 11) is 3.28. The third-order valence-electron chi connectivity index (χ3n) is 6.35. The highest BCUT2D eigenvalue weighted by atomic mass is 16.5. The van der Waals surface area contributed by atoms with E-state index in [4.69, 9.17) is 9.47 Å². The number of aromatic nitrogens is 1. The zero-order valence-corrected chi connectivity index (χ0v) is 18.3. The van der Waals surface area contributed by atoms with Crippen molar-refractivity contribution in [2.24, 2.45) is 5.41 Å². The molecule has 1 aromatic heterocycles. The average molecular weight is 415 g/mol. The summed E-state index contributed by atoms with van der Waals surface area (Å²) in [6.45, 7) is 4.34. The summed E-state index contributed by atoms with van der Waals surface area (Å²) in [5, 5.41) is 4.72. The lowest BCUT2D eigenvalue weighted by Gasteiger charge is -2.40. The molecule has 158 valence electrons. The summed E-state index contributed by atoms with van der Waals surface area (Å²) in [4.78, 5) is 18.1. The molecule has 0 unspecified atom stereocenters. The van der Waals surface area contributed by atoms with Gasteiger partial charge in [0.2, 0.25) is 0 Å². The van der Waals surface area contributed by atoms with Crippen molar-refractivity contribution in [3.05, 3.63) is 65.4 Å². The molecule has 1 aliphatic heterocycles. The average Bonchev–Trinajstić information content (AvgIpc) is 2.76. The Morgan fingerprint density at radius 1 is 1.06 bits per heavy atom. The number of Topliss-reactive ketones (excluding diaryl/α,β-unsaturated/α-hetero) is 1. The first-order chi connectivity index (χ1) is 14.9. The Morgan fingerprint density at radius 2 is 1.90 bits per heavy atom. The van der Waals surface area contributed by atoms with Crippen LogP contribution in [0.2, 0.25) is 0 Å². The van der Waals surface area contributed by atoms with Gasteiger partial charge in [0, 0.05) is 46.5 Å². The van der Waals surface area contributed by atoms with Crippen LogP contribution < -0.4 is 14.8 Å². The molecule has 2 aliphatic rings. The molecule has 1 N–H and O–H groups in total. The second-order valence-electron chi connectivity index (χ2n) is 9.08. The fourth-order valence-corrected chi connectivity index (χ4v) is 5.01. The van der Waals surface area contributed by atoms with E-state index in [1.165, 1.54) is 0 Å². The maximum Gasteiger partial charge on any atom is 0.162 e. The van der Waals surface area contributed by atoms with Crippen LogP contribution in [0.5, 0.6) is 11.5 Å². The Bertz CT molecular complexity index is 1240. The van der Waals surface area contributed by atoms with E-state index >= 15 is 0 Å². The van der Waals surface area contributed by atoms with Gasteiger partial charge in [-0.2, -0.15) is 0 Å². The van der Waals surface area contributed by atoms with E-state index in [0.29, 0.717) is 12.2 Å². The number of hydrogen-bond acceptors (Lipinski definition) is 5. The van der Waals surface area contributed by atoms with Gasteiger partial charge in [-0.05, 0) is 47.7 Å². The maximum absolute atomic E-state index is 13.5. The number of anilines is 1. The van der Waals surface area contributed by atoms with E-state index in [0.717, 1.165) is 51.0 Å². The molecule has 2 heterocycles. The van der Waals surface area contributed by atoms with Crippen molar-refractivity contribution in [3.63, 3.8) is 0 Å². The fraction of sp³-hybridized carbons (Fsp3) is 0.308. The molecule has 0 radical (unpaired) electrons. The van der Waals surface area contributed by atoms with Crippen molar-refractivity contribution in [2.45, 2.75) is 32.7 Å². The number of carbonyl (C=O) groups is 1. The van der Waals surface area contributed by atoms with Gasteiger partial charge in [-0.3, -0.25) is 9.78 Å². The van der Waals surface area contributed by atoms with Crippen LogP contribution in [0.1, 0.15) is 43.9 Å². The number of hydrogen-bond donors (Lipinski definition) is 1. The summed E-state index contributed by atoms with van der Waals surface area (Å²) >= 11 is 0. The number of carbonyl (C=O) groups excluding carboxylic acids is 1. The normalized spacial score (nSPS) is 19.5. The Balaban J connectivity index is 1.78. The smallest absolute Gasteiger partial charge is 0.162 e. The predicted molar refractivity (Wildman–Crippen MR) is 123 cm³/mol. The number of rotatable bonds is 3. The number of pyridine rings is 1. The third-order valence-corrected chi connectivity index (χ3v) is 6.35. The lowest BCUT2D eigenvalue weighted by atomic mass is 9.68. The molecule has 0 saturated heterocycles. The highest BCUT2D eigenvalue weighted by Crippen LogP contribution is 2.52. The predicted octanol–water partition coefficient (Wildman–Crippen LogP) is 5.56. The molecule has 5 nitrogen and oxygen atoms in total. The minimum absolute atomic E-state index is 0.0938. The summed E-state index contributed by atoms with van der Waals surface area (Å²) < 4.78 is 11.1. The molecular formula is C26H26N2O3. The summed E-state index contributed by atoms with van der Waals surface area (Å²) in [6, 6.07) is 13.6. The zero-order valence-electron chi connectivity index (χ0n) is 18.3. The molecule has 5 rings (SSSR count). The largest absolute Gasteiger partial charge is 0.497 e. The molecule has 0 bridgehead atoms. The van der Waals surface area contributed by atoms with Crippen molar-refractivity contribution >= 4 is 27.9 Å². The lowest BCUT2D eigenvalue weighted by molar-refractivity contribution is -0.118. The fourth-order valence-electron chi connectivity index (χ4n) is 5.01. The molecule has 0 saturated carbocycles. The molecule has 3 aromatic rings. The van der Waals surface area contributed by atoms with E-state index in [9.17, 15) is 4.79 Å². The lowest BCUT2D eigenvalue weighted by Crippen LogP contribution is -2.33. The number of allylic oxidation sites excluding steroid dienone is 1. The summed E-state index contributed by atoms with van der Waals surface area (Å²) in [5.41, 5.74) is 5.86. The van der Waals surface area contributed by atoms with Gasteiger partial charge in [-0.1, -0.05) is 19.9 Å². The van der Waals surface area contributed by atoms with E-state index in [-0.39, 0.29) is 17.2 Å². The zero-order chi connectivity index (χ0) is 21.8. The first-order valence-electron chi connectivity index (χ1n) is 10.5. The van der Waals surface area contributed by atoms with E-state index < -0.39 is 0 Å². The number of ketones is 1. The van der Waals surface area contributed by atoms with Gasteiger partial charge in [0.05, 0.1) is 25.8 Å². The topological polar surface area (TPSA) is 60.5 Å². The first-order valence-corrected chi connectivity index (χ1v) is 10.5. The van der Waals surface area contributed by atoms with Crippen molar-refractivity contribution in [1.82, 2.24) is 4.98 Å². The minimum atomic E-state index is -0.277. The molecule has 1 atom stereocenters. The molecule has 0 fully saturated rings. The quantitative estimate of drug-likeness (QED) is 0.608. The maximum atomic E-state index is 13.5. The molecule has 5 heteroatoms. The van der Waals surface area contributed by atoms with Crippen LogP contribution in [0.4, 0.5) is 5.69 Å². The standard InChI is InChI=1S/C26H26N2O3/c1-26(2)13-18-23-16-6-5-11-27-19(16)9-10-20(23)28-25(24(18)21(29)14-26)17-8-7-15(30-3)12-22(17)31-4/h5-12,25,28H,13-14H2,1-4H3/t25-/m0/s1. The first kappa shape index (κ1) is 19.6. The van der Waals surface area contributed by atoms with E-state index in [2.05, 4.69) is 36.3 Å². The number of nitrogens with zero attached hydrogens (tertiary/aromatic N) is 1. The number of methoxy groups -OCH3 is 2. The third kappa shape index (κ3) is 3.16. The Hall–Kier alpha value is -3.34. The SMILES string of the molecule is COc1ccc([C@@H]2Nc3ccc4ncccc4c3C3=C2C(=O)CC(C)(C)C3)c(OC)c1. The Morgan fingerprint density at radius 3 is 2.68 bits per heavy atom. The highest BCUT2D eigenvalue weighted by Gasteiger charge is 2.41. The van der Waals surface area contributed by atoms with Crippen molar-refractivity contribution < 1.29 is 14.3 Å². The van der Waals surface area contributed by atoms with Crippen molar-refractivity contribution in [1.29, 1.82) is 0 Å². The van der Waals surface area contributed by atoms with Crippen LogP contribution in [0.25, 0.3) is 16.5 Å². The molecule has 2 aromatic carbocycles. The number of fused-ring (bicyclic) bond motifs is 4. The highest BCUT2D eigenvalue weighted by molar-refractivity contribution is 6.12. The van der Waals surface area contributed by atoms with Crippen LogP contribution in [0.15, 0.2) is 54.2 Å². The summed E-state index contributed by atoms with van der Waals surface area (Å²) in [6.07, 6.45) is 3.17. The van der Waals surface area contributed by atoms with Crippen LogP contribution in [0, 0.1) is 5.41 Å². The van der Waals surface area contributed by atoms with Gasteiger partial charge >= 0.3 is 0 Å². The summed E-state index contributed by atoms with van der Waals surface area (Å²) in [5.74, 6) is 1.61. The van der Waals surface area contributed by atoms with Crippen LogP contribution >= 0.6 is 0 Å². The van der Waals surface area contributed by atoms with Gasteiger partial charge < -0.3 is 14.8 Å². The van der Waals surface area contributed by atoms with Gasteiger partial charge in [0.25, 0.3) is 0 Å². The minimum Gasteiger partial charge on any atom is -0.497 e. The molecular weight excluding hydrogens is 388 g/mol. The number of benzene rings is 2. The van der Waals surface area contributed by atoms with Crippen LogP contribution in [-0.2, 0) is 4.79 Å². The Labute approximate surface area is 182 Å². The number of nitrogens with one attached hydrogen (secondary N) is 1. The van der Waals surface area contributed by atoms with Crippen molar-refractivity contribution in [3.8, 4) is 11.5 Å². The second kappa shape index (κ2) is 7.12. The van der Waals surface area contributed by atoms with Crippen molar-refractivity contribution in [2.75, 3.05) is 19.5 Å².